The van der Waals surface area contributed by atoms with E-state index in [0.717, 1.165) is 31.7 Å². The highest BCUT2D eigenvalue weighted by atomic mass is 16.5. The number of aliphatic hydroxyl groups excluding tert-OH is 1. The van der Waals surface area contributed by atoms with Crippen molar-refractivity contribution in [2.24, 2.45) is 0 Å². The van der Waals surface area contributed by atoms with Crippen LogP contribution in [0.2, 0.25) is 0 Å². The monoisotopic (exact) mass is 233 g/mol. The normalized spacial score (nSPS) is 15.9. The van der Waals surface area contributed by atoms with Crippen molar-refractivity contribution in [1.82, 2.24) is 0 Å². The zero-order chi connectivity index (χ0) is 12.1. The molecule has 3 heteroatoms. The van der Waals surface area contributed by atoms with Crippen LogP contribution in [0.15, 0.2) is 35.9 Å². The minimum Gasteiger partial charge on any atom is -0.392 e. The van der Waals surface area contributed by atoms with Crippen molar-refractivity contribution in [3.05, 3.63) is 41.5 Å². The fourth-order valence-corrected chi connectivity index (χ4v) is 2.07. The van der Waals surface area contributed by atoms with E-state index < -0.39 is 0 Å². The summed E-state index contributed by atoms with van der Waals surface area (Å²) in [4.78, 5) is 2.33. The van der Waals surface area contributed by atoms with E-state index in [1.807, 2.05) is 12.1 Å². The predicted octanol–water partition coefficient (Wildman–Crippen LogP) is 1.96. The maximum Gasteiger partial charge on any atom is 0.0681 e. The Balaban J connectivity index is 2.00. The lowest BCUT2D eigenvalue weighted by Crippen LogP contribution is -2.29. The second kappa shape index (κ2) is 5.84. The summed E-state index contributed by atoms with van der Waals surface area (Å²) in [6, 6.07) is 8.09. The van der Waals surface area contributed by atoms with Crippen LogP contribution in [0, 0.1) is 0 Å². The average molecular weight is 233 g/mol. The maximum atomic E-state index is 9.00. The van der Waals surface area contributed by atoms with Crippen molar-refractivity contribution in [1.29, 1.82) is 0 Å². The highest BCUT2D eigenvalue weighted by Gasteiger charge is 2.11. The lowest BCUT2D eigenvalue weighted by molar-refractivity contribution is 0.222. The van der Waals surface area contributed by atoms with Gasteiger partial charge in [0, 0.05) is 25.9 Å². The van der Waals surface area contributed by atoms with E-state index in [0.29, 0.717) is 0 Å². The molecule has 92 valence electrons. The van der Waals surface area contributed by atoms with Gasteiger partial charge >= 0.3 is 0 Å². The van der Waals surface area contributed by atoms with Crippen LogP contribution in [-0.2, 0) is 11.3 Å². The van der Waals surface area contributed by atoms with Crippen LogP contribution in [-0.4, -0.2) is 31.9 Å². The molecule has 0 bridgehead atoms. The van der Waals surface area contributed by atoms with Gasteiger partial charge in [-0.2, -0.15) is 0 Å². The number of benzene rings is 1. The van der Waals surface area contributed by atoms with Crippen LogP contribution in [0.4, 0.5) is 5.69 Å². The van der Waals surface area contributed by atoms with Crippen LogP contribution >= 0.6 is 0 Å². The fraction of sp³-hybridized carbons (Fsp3) is 0.429. The van der Waals surface area contributed by atoms with Crippen molar-refractivity contribution in [3.63, 3.8) is 0 Å². The van der Waals surface area contributed by atoms with Gasteiger partial charge in [-0.1, -0.05) is 18.2 Å². The Morgan fingerprint density at radius 2 is 2.06 bits per heavy atom. The van der Waals surface area contributed by atoms with Gasteiger partial charge < -0.3 is 14.7 Å². The predicted molar refractivity (Wildman–Crippen MR) is 69.2 cm³/mol. The Morgan fingerprint density at radius 1 is 1.29 bits per heavy atom. The number of aliphatic hydroxyl groups is 1. The zero-order valence-corrected chi connectivity index (χ0v) is 10.2. The number of methoxy groups -OCH3 is 1. The third-order valence-corrected chi connectivity index (χ3v) is 3.12. The molecule has 0 saturated carbocycles. The lowest BCUT2D eigenvalue weighted by Gasteiger charge is -2.28. The molecule has 1 N–H and O–H groups in total. The Bertz CT molecular complexity index is 384. The first-order valence-electron chi connectivity index (χ1n) is 5.95. The number of nitrogens with zero attached hydrogens (tertiary/aromatic N) is 1. The third-order valence-electron chi connectivity index (χ3n) is 3.12. The summed E-state index contributed by atoms with van der Waals surface area (Å²) in [6.07, 6.45) is 3.31. The van der Waals surface area contributed by atoms with Gasteiger partial charge in [0.2, 0.25) is 0 Å². The van der Waals surface area contributed by atoms with Gasteiger partial charge in [-0.3, -0.25) is 0 Å². The van der Waals surface area contributed by atoms with Crippen LogP contribution < -0.4 is 4.90 Å². The van der Waals surface area contributed by atoms with Gasteiger partial charge in [-0.15, -0.1) is 0 Å². The smallest absolute Gasteiger partial charge is 0.0681 e. The Kier molecular flexibility index (Phi) is 4.18. The molecule has 0 aromatic heterocycles. The molecule has 0 amide bonds. The summed E-state index contributed by atoms with van der Waals surface area (Å²) in [5.41, 5.74) is 3.56. The van der Waals surface area contributed by atoms with Crippen LogP contribution in [0.3, 0.4) is 0 Å². The maximum absolute atomic E-state index is 9.00. The molecule has 3 nitrogen and oxygen atoms in total. The number of hydrogen-bond acceptors (Lipinski definition) is 3. The summed E-state index contributed by atoms with van der Waals surface area (Å²) >= 11 is 0. The standard InChI is InChI=1S/C14H19NO2/c1-17-11-13-6-8-15(9-7-13)14-4-2-12(10-16)3-5-14/h2-6,16H,7-11H2,1H3. The number of rotatable bonds is 4. The Morgan fingerprint density at radius 3 is 2.59 bits per heavy atom. The molecule has 0 radical (unpaired) electrons. The van der Waals surface area contributed by atoms with E-state index in [1.54, 1.807) is 7.11 Å². The molecule has 1 aliphatic heterocycles. The second-order valence-corrected chi connectivity index (χ2v) is 4.32. The summed E-state index contributed by atoms with van der Waals surface area (Å²) in [5, 5.41) is 9.00. The molecule has 1 aromatic rings. The molecular formula is C14H19NO2. The van der Waals surface area contributed by atoms with Gasteiger partial charge in [0.1, 0.15) is 0 Å². The highest BCUT2D eigenvalue weighted by molar-refractivity contribution is 5.49. The Labute approximate surface area is 102 Å². The molecule has 0 atom stereocenters. The fourth-order valence-electron chi connectivity index (χ4n) is 2.07. The molecule has 0 saturated heterocycles. The number of hydrogen-bond donors (Lipinski definition) is 1. The largest absolute Gasteiger partial charge is 0.392 e. The molecule has 0 fully saturated rings. The van der Waals surface area contributed by atoms with Crippen LogP contribution in [0.5, 0.6) is 0 Å². The Hall–Kier alpha value is -1.32. The van der Waals surface area contributed by atoms with E-state index in [4.69, 9.17) is 9.84 Å². The number of ether oxygens (including phenoxy) is 1. The summed E-state index contributed by atoms with van der Waals surface area (Å²) < 4.78 is 5.14. The quantitative estimate of drug-likeness (QED) is 0.807. The second-order valence-electron chi connectivity index (χ2n) is 4.32. The van der Waals surface area contributed by atoms with Crippen LogP contribution in [0.1, 0.15) is 12.0 Å². The molecule has 0 unspecified atom stereocenters. The van der Waals surface area contributed by atoms with E-state index in [9.17, 15) is 0 Å². The molecule has 2 rings (SSSR count). The average Bonchev–Trinajstić information content (AvgIpc) is 2.40. The topological polar surface area (TPSA) is 32.7 Å². The number of anilines is 1. The first kappa shape index (κ1) is 12.1. The molecule has 1 aliphatic rings. The molecule has 0 aliphatic carbocycles. The zero-order valence-electron chi connectivity index (χ0n) is 10.2. The van der Waals surface area contributed by atoms with Crippen molar-refractivity contribution in [2.45, 2.75) is 13.0 Å². The summed E-state index contributed by atoms with van der Waals surface area (Å²) in [7, 11) is 1.74. The highest BCUT2D eigenvalue weighted by Crippen LogP contribution is 2.20. The molecule has 0 spiro atoms. The summed E-state index contributed by atoms with van der Waals surface area (Å²) in [6.45, 7) is 2.83. The van der Waals surface area contributed by atoms with Gasteiger partial charge in [-0.05, 0) is 29.7 Å². The van der Waals surface area contributed by atoms with Crippen molar-refractivity contribution in [3.8, 4) is 0 Å². The van der Waals surface area contributed by atoms with Gasteiger partial charge in [-0.25, -0.2) is 0 Å². The van der Waals surface area contributed by atoms with E-state index in [-0.39, 0.29) is 6.61 Å². The minimum absolute atomic E-state index is 0.109. The molecule has 1 heterocycles. The summed E-state index contributed by atoms with van der Waals surface area (Å²) in [5.74, 6) is 0. The van der Waals surface area contributed by atoms with Crippen molar-refractivity contribution in [2.75, 3.05) is 31.7 Å². The van der Waals surface area contributed by atoms with Gasteiger partial charge in [0.05, 0.1) is 13.2 Å². The van der Waals surface area contributed by atoms with Crippen molar-refractivity contribution < 1.29 is 9.84 Å². The SMILES string of the molecule is COCC1=CCN(c2ccc(CO)cc2)CC1. The first-order valence-corrected chi connectivity index (χ1v) is 5.95. The third kappa shape index (κ3) is 3.08. The lowest BCUT2D eigenvalue weighted by atomic mass is 10.1. The van der Waals surface area contributed by atoms with Gasteiger partial charge in [0.25, 0.3) is 0 Å². The molecular weight excluding hydrogens is 214 g/mol. The van der Waals surface area contributed by atoms with Crippen molar-refractivity contribution >= 4 is 5.69 Å². The minimum atomic E-state index is 0.109. The van der Waals surface area contributed by atoms with E-state index >= 15 is 0 Å². The first-order chi connectivity index (χ1) is 8.33. The van der Waals surface area contributed by atoms with Gasteiger partial charge in [0.15, 0.2) is 0 Å². The van der Waals surface area contributed by atoms with E-state index in [1.165, 1.54) is 11.3 Å². The molecule has 17 heavy (non-hydrogen) atoms. The van der Waals surface area contributed by atoms with Crippen LogP contribution in [0.25, 0.3) is 0 Å². The van der Waals surface area contributed by atoms with E-state index in [2.05, 4.69) is 23.1 Å². The molecule has 1 aromatic carbocycles.